The lowest BCUT2D eigenvalue weighted by Gasteiger charge is -2.06. The number of hydrogen-bond donors (Lipinski definition) is 1. The molecule has 0 bridgehead atoms. The lowest BCUT2D eigenvalue weighted by molar-refractivity contribution is -0.385. The van der Waals surface area contributed by atoms with Crippen LogP contribution in [-0.4, -0.2) is 16.1 Å². The second-order valence-corrected chi connectivity index (χ2v) is 5.38. The van der Waals surface area contributed by atoms with E-state index in [-0.39, 0.29) is 5.69 Å². The van der Waals surface area contributed by atoms with Crippen molar-refractivity contribution in [2.45, 2.75) is 6.61 Å². The fourth-order valence-electron chi connectivity index (χ4n) is 2.16. The Morgan fingerprint density at radius 3 is 2.69 bits per heavy atom. The smallest absolute Gasteiger partial charge is 0.287 e. The number of pyridine rings is 1. The highest BCUT2D eigenvalue weighted by Crippen LogP contribution is 2.15. The topological polar surface area (TPSA) is 89.7 Å². The van der Waals surface area contributed by atoms with Crippen molar-refractivity contribution < 1.29 is 9.66 Å². The van der Waals surface area contributed by atoms with Gasteiger partial charge in [-0.2, -0.15) is 5.10 Å². The number of benzene rings is 2. The van der Waals surface area contributed by atoms with Gasteiger partial charge in [0, 0.05) is 6.07 Å². The van der Waals surface area contributed by atoms with Gasteiger partial charge in [0.1, 0.15) is 24.4 Å². The van der Waals surface area contributed by atoms with Gasteiger partial charge in [-0.3, -0.25) is 15.5 Å². The molecule has 26 heavy (non-hydrogen) atoms. The van der Waals surface area contributed by atoms with E-state index in [1.165, 1.54) is 18.3 Å². The molecule has 0 aliphatic heterocycles. The Kier molecular flexibility index (Phi) is 5.51. The van der Waals surface area contributed by atoms with Crippen molar-refractivity contribution in [3.05, 3.63) is 94.2 Å². The van der Waals surface area contributed by atoms with E-state index in [4.69, 9.17) is 4.74 Å². The van der Waals surface area contributed by atoms with Gasteiger partial charge >= 0.3 is 0 Å². The molecule has 0 amide bonds. The predicted octanol–water partition coefficient (Wildman–Crippen LogP) is 4.01. The highest BCUT2D eigenvalue weighted by Gasteiger charge is 2.04. The molecule has 0 saturated heterocycles. The molecule has 0 atom stereocenters. The first kappa shape index (κ1) is 17.1. The predicted molar refractivity (Wildman–Crippen MR) is 99.3 cm³/mol. The van der Waals surface area contributed by atoms with Crippen LogP contribution in [-0.2, 0) is 6.61 Å². The molecule has 0 fully saturated rings. The van der Waals surface area contributed by atoms with E-state index in [0.717, 1.165) is 16.9 Å². The molecule has 7 heteroatoms. The maximum atomic E-state index is 10.6. The van der Waals surface area contributed by atoms with E-state index in [0.29, 0.717) is 12.4 Å². The van der Waals surface area contributed by atoms with Crippen LogP contribution in [0.5, 0.6) is 5.75 Å². The van der Waals surface area contributed by atoms with Crippen LogP contribution in [0.3, 0.4) is 0 Å². The van der Waals surface area contributed by atoms with Gasteiger partial charge in [0.15, 0.2) is 0 Å². The fourth-order valence-corrected chi connectivity index (χ4v) is 2.16. The minimum atomic E-state index is -0.499. The highest BCUT2D eigenvalue weighted by molar-refractivity contribution is 5.80. The summed E-state index contributed by atoms with van der Waals surface area (Å²) in [5.41, 5.74) is 4.61. The van der Waals surface area contributed by atoms with E-state index in [2.05, 4.69) is 15.5 Å². The molecule has 0 aliphatic carbocycles. The molecule has 1 N–H and O–H groups in total. The Labute approximate surface area is 150 Å². The molecule has 3 aromatic rings. The molecule has 0 radical (unpaired) electrons. The van der Waals surface area contributed by atoms with E-state index in [1.807, 2.05) is 54.6 Å². The third-order valence-electron chi connectivity index (χ3n) is 3.46. The van der Waals surface area contributed by atoms with Crippen molar-refractivity contribution in [3.63, 3.8) is 0 Å². The summed E-state index contributed by atoms with van der Waals surface area (Å²) in [6.45, 7) is 0.492. The van der Waals surface area contributed by atoms with Crippen LogP contribution in [0.25, 0.3) is 0 Å². The van der Waals surface area contributed by atoms with Gasteiger partial charge in [-0.15, -0.1) is 0 Å². The molecule has 0 aliphatic rings. The summed E-state index contributed by atoms with van der Waals surface area (Å²) in [7, 11) is 0. The summed E-state index contributed by atoms with van der Waals surface area (Å²) >= 11 is 0. The summed E-state index contributed by atoms with van der Waals surface area (Å²) in [5.74, 6) is 1.16. The van der Waals surface area contributed by atoms with Crippen molar-refractivity contribution >= 4 is 17.7 Å². The normalized spacial score (nSPS) is 10.6. The van der Waals surface area contributed by atoms with Gasteiger partial charge < -0.3 is 4.74 Å². The molecule has 1 heterocycles. The van der Waals surface area contributed by atoms with Crippen molar-refractivity contribution in [1.29, 1.82) is 0 Å². The number of aromatic nitrogens is 1. The van der Waals surface area contributed by atoms with Gasteiger partial charge in [0.25, 0.3) is 5.69 Å². The van der Waals surface area contributed by atoms with Crippen LogP contribution in [0, 0.1) is 10.1 Å². The minimum absolute atomic E-state index is 0.0669. The molecule has 2 aromatic carbocycles. The Hall–Kier alpha value is -3.74. The Morgan fingerprint density at radius 2 is 1.96 bits per heavy atom. The number of nitrogens with zero attached hydrogens (tertiary/aromatic N) is 3. The van der Waals surface area contributed by atoms with Crippen LogP contribution >= 0.6 is 0 Å². The Balaban J connectivity index is 1.57. The number of ether oxygens (including phenoxy) is 1. The summed E-state index contributed by atoms with van der Waals surface area (Å²) in [6.07, 6.45) is 2.80. The maximum Gasteiger partial charge on any atom is 0.287 e. The first-order chi connectivity index (χ1) is 12.7. The third-order valence-corrected chi connectivity index (χ3v) is 3.46. The van der Waals surface area contributed by atoms with E-state index >= 15 is 0 Å². The van der Waals surface area contributed by atoms with Crippen molar-refractivity contribution in [1.82, 2.24) is 4.98 Å². The average molecular weight is 348 g/mol. The zero-order valence-corrected chi connectivity index (χ0v) is 13.8. The number of nitro groups is 1. The maximum absolute atomic E-state index is 10.6. The van der Waals surface area contributed by atoms with Gasteiger partial charge in [0.05, 0.1) is 11.1 Å². The highest BCUT2D eigenvalue weighted by atomic mass is 16.6. The second kappa shape index (κ2) is 8.39. The largest absolute Gasteiger partial charge is 0.489 e. The molecular weight excluding hydrogens is 332 g/mol. The number of hydrazone groups is 1. The summed E-state index contributed by atoms with van der Waals surface area (Å²) < 4.78 is 5.77. The van der Waals surface area contributed by atoms with E-state index in [1.54, 1.807) is 6.21 Å². The van der Waals surface area contributed by atoms with E-state index in [9.17, 15) is 10.1 Å². The van der Waals surface area contributed by atoms with Crippen LogP contribution in [0.1, 0.15) is 11.1 Å². The molecule has 7 nitrogen and oxygen atoms in total. The first-order valence-electron chi connectivity index (χ1n) is 7.87. The quantitative estimate of drug-likeness (QED) is 0.396. The number of hydrogen-bond acceptors (Lipinski definition) is 6. The molecule has 3 rings (SSSR count). The van der Waals surface area contributed by atoms with Crippen LogP contribution in [0.4, 0.5) is 11.5 Å². The molecular formula is C19H16N4O3. The van der Waals surface area contributed by atoms with Crippen LogP contribution in [0.15, 0.2) is 78.0 Å². The van der Waals surface area contributed by atoms with Gasteiger partial charge in [-0.1, -0.05) is 42.5 Å². The Morgan fingerprint density at radius 1 is 1.12 bits per heavy atom. The van der Waals surface area contributed by atoms with Gasteiger partial charge in [-0.05, 0) is 29.3 Å². The molecule has 130 valence electrons. The summed E-state index contributed by atoms with van der Waals surface area (Å²) in [5, 5.41) is 14.7. The molecule has 1 aromatic heterocycles. The number of anilines is 1. The lowest BCUT2D eigenvalue weighted by atomic mass is 10.2. The Bertz CT molecular complexity index is 896. The average Bonchev–Trinajstić information content (AvgIpc) is 2.68. The lowest BCUT2D eigenvalue weighted by Crippen LogP contribution is -1.97. The minimum Gasteiger partial charge on any atom is -0.489 e. The first-order valence-corrected chi connectivity index (χ1v) is 7.87. The van der Waals surface area contributed by atoms with Crippen LogP contribution in [0.2, 0.25) is 0 Å². The monoisotopic (exact) mass is 348 g/mol. The van der Waals surface area contributed by atoms with Crippen molar-refractivity contribution in [2.24, 2.45) is 5.10 Å². The van der Waals surface area contributed by atoms with Gasteiger partial charge in [0.2, 0.25) is 0 Å². The molecule has 0 unspecified atom stereocenters. The second-order valence-electron chi connectivity index (χ2n) is 5.38. The van der Waals surface area contributed by atoms with Crippen molar-refractivity contribution in [2.75, 3.05) is 5.43 Å². The SMILES string of the molecule is O=[N+]([O-])c1ccc(N/N=C\c2cccc(OCc3ccccc3)c2)nc1. The zero-order valence-electron chi connectivity index (χ0n) is 13.8. The molecule has 0 spiro atoms. The van der Waals surface area contributed by atoms with Gasteiger partial charge in [-0.25, -0.2) is 4.98 Å². The fraction of sp³-hybridized carbons (Fsp3) is 0.0526. The number of nitrogens with one attached hydrogen (secondary N) is 1. The summed E-state index contributed by atoms with van der Waals surface area (Å²) in [6, 6.07) is 20.3. The zero-order chi connectivity index (χ0) is 18.2. The summed E-state index contributed by atoms with van der Waals surface area (Å²) in [4.78, 5) is 14.0. The van der Waals surface area contributed by atoms with E-state index < -0.39 is 4.92 Å². The van der Waals surface area contributed by atoms with Crippen LogP contribution < -0.4 is 10.2 Å². The standard InChI is InChI=1S/C19H16N4O3/c24-23(25)17-9-10-19(20-13-17)22-21-12-16-7-4-8-18(11-16)26-14-15-5-2-1-3-6-15/h1-13H,14H2,(H,20,22)/b21-12-. The third kappa shape index (κ3) is 4.88. The molecule has 0 saturated carbocycles. The number of rotatable bonds is 7. The van der Waals surface area contributed by atoms with Crippen molar-refractivity contribution in [3.8, 4) is 5.75 Å².